The van der Waals surface area contributed by atoms with E-state index in [-0.39, 0.29) is 11.7 Å². The van der Waals surface area contributed by atoms with Crippen molar-refractivity contribution in [2.45, 2.75) is 19.0 Å². The van der Waals surface area contributed by atoms with Gasteiger partial charge in [0.1, 0.15) is 11.9 Å². The lowest BCUT2D eigenvalue weighted by molar-refractivity contribution is -0.113. The maximum absolute atomic E-state index is 12.3. The number of carbonyl (C=O) groups excluding carboxylic acids is 1. The summed E-state index contributed by atoms with van der Waals surface area (Å²) in [5.74, 6) is 0.617. The van der Waals surface area contributed by atoms with E-state index in [9.17, 15) is 4.79 Å². The van der Waals surface area contributed by atoms with Crippen LogP contribution >= 0.6 is 23.4 Å². The average Bonchev–Trinajstić information content (AvgIpc) is 3.01. The summed E-state index contributed by atoms with van der Waals surface area (Å²) in [6.07, 6.45) is 0. The standard InChI is InChI=1S/C19H16ClN5OS/c1-12-5-3-4-6-17(12)25-13(2)23-24-19(25)27-11-18(26)22-16-9-15(20)8-7-14(16)10-21/h3-9H,11H2,1-2H3,(H,22,26). The van der Waals surface area contributed by atoms with Gasteiger partial charge in [0, 0.05) is 5.02 Å². The summed E-state index contributed by atoms with van der Waals surface area (Å²) in [5.41, 5.74) is 2.82. The normalized spacial score (nSPS) is 10.4. The Balaban J connectivity index is 1.75. The Morgan fingerprint density at radius 1 is 1.26 bits per heavy atom. The van der Waals surface area contributed by atoms with Gasteiger partial charge in [-0.15, -0.1) is 10.2 Å². The lowest BCUT2D eigenvalue weighted by Crippen LogP contribution is -2.15. The first kappa shape index (κ1) is 19.0. The summed E-state index contributed by atoms with van der Waals surface area (Å²) >= 11 is 7.23. The molecule has 3 aromatic rings. The zero-order chi connectivity index (χ0) is 19.4. The van der Waals surface area contributed by atoms with Crippen molar-refractivity contribution in [1.29, 1.82) is 5.26 Å². The monoisotopic (exact) mass is 397 g/mol. The summed E-state index contributed by atoms with van der Waals surface area (Å²) in [7, 11) is 0. The molecule has 136 valence electrons. The number of nitrogens with one attached hydrogen (secondary N) is 1. The van der Waals surface area contributed by atoms with Gasteiger partial charge in [0.2, 0.25) is 5.91 Å². The number of para-hydroxylation sites is 1. The quantitative estimate of drug-likeness (QED) is 0.654. The summed E-state index contributed by atoms with van der Waals surface area (Å²) < 4.78 is 1.92. The molecular weight excluding hydrogens is 382 g/mol. The van der Waals surface area contributed by atoms with Crippen LogP contribution in [0.15, 0.2) is 47.6 Å². The fourth-order valence-electron chi connectivity index (χ4n) is 2.56. The molecule has 2 aromatic carbocycles. The number of aryl methyl sites for hydroxylation is 2. The SMILES string of the molecule is Cc1ccccc1-n1c(C)nnc1SCC(=O)Nc1cc(Cl)ccc1C#N. The van der Waals surface area contributed by atoms with Crippen molar-refractivity contribution in [3.8, 4) is 11.8 Å². The van der Waals surface area contributed by atoms with Gasteiger partial charge in [-0.1, -0.05) is 41.6 Å². The number of amides is 1. The number of halogens is 1. The molecular formula is C19H16ClN5OS. The molecule has 1 amide bonds. The predicted octanol–water partition coefficient (Wildman–Crippen LogP) is 4.14. The van der Waals surface area contributed by atoms with E-state index in [1.54, 1.807) is 18.2 Å². The minimum atomic E-state index is -0.254. The largest absolute Gasteiger partial charge is 0.324 e. The third-order valence-corrected chi connectivity index (χ3v) is 5.02. The van der Waals surface area contributed by atoms with Crippen LogP contribution in [0.4, 0.5) is 5.69 Å². The van der Waals surface area contributed by atoms with Crippen molar-refractivity contribution in [2.24, 2.45) is 0 Å². The molecule has 0 aliphatic rings. The van der Waals surface area contributed by atoms with E-state index in [1.165, 1.54) is 11.8 Å². The second-order valence-corrected chi connectivity index (χ2v) is 7.17. The first-order valence-corrected chi connectivity index (χ1v) is 9.46. The highest BCUT2D eigenvalue weighted by atomic mass is 35.5. The van der Waals surface area contributed by atoms with Crippen LogP contribution < -0.4 is 5.32 Å². The van der Waals surface area contributed by atoms with Gasteiger partial charge in [-0.05, 0) is 43.7 Å². The number of hydrogen-bond donors (Lipinski definition) is 1. The molecule has 27 heavy (non-hydrogen) atoms. The van der Waals surface area contributed by atoms with Gasteiger partial charge >= 0.3 is 0 Å². The third kappa shape index (κ3) is 4.30. The van der Waals surface area contributed by atoms with Gasteiger partial charge < -0.3 is 5.32 Å². The maximum Gasteiger partial charge on any atom is 0.234 e. The lowest BCUT2D eigenvalue weighted by Gasteiger charge is -2.11. The van der Waals surface area contributed by atoms with Gasteiger partial charge in [0.25, 0.3) is 0 Å². The zero-order valence-corrected chi connectivity index (χ0v) is 16.3. The van der Waals surface area contributed by atoms with E-state index in [4.69, 9.17) is 16.9 Å². The van der Waals surface area contributed by atoms with Gasteiger partial charge in [0.05, 0.1) is 22.7 Å². The van der Waals surface area contributed by atoms with E-state index in [0.29, 0.717) is 21.4 Å². The van der Waals surface area contributed by atoms with Crippen LogP contribution in [0, 0.1) is 25.2 Å². The molecule has 0 spiro atoms. The molecule has 0 saturated heterocycles. The average molecular weight is 398 g/mol. The third-order valence-electron chi connectivity index (χ3n) is 3.86. The van der Waals surface area contributed by atoms with Crippen molar-refractivity contribution in [1.82, 2.24) is 14.8 Å². The fraction of sp³-hybridized carbons (Fsp3) is 0.158. The van der Waals surface area contributed by atoms with E-state index in [2.05, 4.69) is 15.5 Å². The number of hydrogen-bond acceptors (Lipinski definition) is 5. The molecule has 1 heterocycles. The van der Waals surface area contributed by atoms with E-state index in [0.717, 1.165) is 17.1 Å². The van der Waals surface area contributed by atoms with Crippen LogP contribution in [-0.4, -0.2) is 26.4 Å². The fourth-order valence-corrected chi connectivity index (χ4v) is 3.52. The van der Waals surface area contributed by atoms with Gasteiger partial charge in [-0.25, -0.2) is 0 Å². The molecule has 0 aliphatic heterocycles. The Labute approximate surface area is 166 Å². The van der Waals surface area contributed by atoms with Crippen molar-refractivity contribution in [2.75, 3.05) is 11.1 Å². The molecule has 6 nitrogen and oxygen atoms in total. The number of carbonyl (C=O) groups is 1. The van der Waals surface area contributed by atoms with Crippen LogP contribution in [0.3, 0.4) is 0 Å². The molecule has 0 fully saturated rings. The van der Waals surface area contributed by atoms with Gasteiger partial charge in [-0.2, -0.15) is 5.26 Å². The Morgan fingerprint density at radius 3 is 2.78 bits per heavy atom. The topological polar surface area (TPSA) is 83.6 Å². The number of nitrogens with zero attached hydrogens (tertiary/aromatic N) is 4. The first-order chi connectivity index (χ1) is 13.0. The molecule has 1 N–H and O–H groups in total. The van der Waals surface area contributed by atoms with Crippen LogP contribution in [0.1, 0.15) is 17.0 Å². The lowest BCUT2D eigenvalue weighted by atomic mass is 10.2. The van der Waals surface area contributed by atoms with E-state index in [1.807, 2.05) is 48.7 Å². The first-order valence-electron chi connectivity index (χ1n) is 8.10. The number of rotatable bonds is 5. The molecule has 0 aliphatic carbocycles. The molecule has 0 bridgehead atoms. The number of thioether (sulfide) groups is 1. The second-order valence-electron chi connectivity index (χ2n) is 5.79. The number of benzene rings is 2. The molecule has 0 saturated carbocycles. The number of aromatic nitrogens is 3. The molecule has 0 atom stereocenters. The molecule has 8 heteroatoms. The van der Waals surface area contributed by atoms with Crippen molar-refractivity contribution >= 4 is 35.0 Å². The summed E-state index contributed by atoms with van der Waals surface area (Å²) in [4.78, 5) is 12.3. The van der Waals surface area contributed by atoms with Crippen LogP contribution in [0.25, 0.3) is 5.69 Å². The predicted molar refractivity (Wildman–Crippen MR) is 106 cm³/mol. The highest BCUT2D eigenvalue weighted by Crippen LogP contribution is 2.25. The minimum absolute atomic E-state index is 0.126. The van der Waals surface area contributed by atoms with Crippen molar-refractivity contribution in [3.63, 3.8) is 0 Å². The Hall–Kier alpha value is -2.82. The summed E-state index contributed by atoms with van der Waals surface area (Å²) in [6.45, 7) is 3.88. The maximum atomic E-state index is 12.3. The van der Waals surface area contributed by atoms with Crippen LogP contribution in [-0.2, 0) is 4.79 Å². The van der Waals surface area contributed by atoms with Crippen molar-refractivity contribution in [3.05, 3.63) is 64.4 Å². The van der Waals surface area contributed by atoms with Gasteiger partial charge in [-0.3, -0.25) is 9.36 Å². The Kier molecular flexibility index (Phi) is 5.79. The zero-order valence-electron chi connectivity index (χ0n) is 14.7. The number of anilines is 1. The highest BCUT2D eigenvalue weighted by Gasteiger charge is 2.15. The second kappa shape index (κ2) is 8.25. The van der Waals surface area contributed by atoms with Crippen LogP contribution in [0.2, 0.25) is 5.02 Å². The van der Waals surface area contributed by atoms with Gasteiger partial charge in [0.15, 0.2) is 5.16 Å². The summed E-state index contributed by atoms with van der Waals surface area (Å²) in [5, 5.41) is 21.3. The minimum Gasteiger partial charge on any atom is -0.324 e. The molecule has 0 unspecified atom stereocenters. The van der Waals surface area contributed by atoms with E-state index < -0.39 is 0 Å². The van der Waals surface area contributed by atoms with Crippen molar-refractivity contribution < 1.29 is 4.79 Å². The Morgan fingerprint density at radius 2 is 2.04 bits per heavy atom. The molecule has 1 aromatic heterocycles. The van der Waals surface area contributed by atoms with Crippen LogP contribution in [0.5, 0.6) is 0 Å². The Bertz CT molecular complexity index is 1040. The molecule has 3 rings (SSSR count). The number of nitriles is 1. The smallest absolute Gasteiger partial charge is 0.234 e. The summed E-state index contributed by atoms with van der Waals surface area (Å²) in [6, 6.07) is 14.7. The highest BCUT2D eigenvalue weighted by molar-refractivity contribution is 7.99. The van der Waals surface area contributed by atoms with E-state index >= 15 is 0 Å². The molecule has 0 radical (unpaired) electrons.